The highest BCUT2D eigenvalue weighted by Gasteiger charge is 2.19. The molecule has 3 heteroatoms. The number of hydrogen-bond donors (Lipinski definition) is 1. The lowest BCUT2D eigenvalue weighted by Gasteiger charge is -2.21. The zero-order chi connectivity index (χ0) is 11.4. The van der Waals surface area contributed by atoms with Gasteiger partial charge in [0.1, 0.15) is 0 Å². The first kappa shape index (κ1) is 12.2. The molecule has 0 saturated heterocycles. The fourth-order valence-corrected chi connectivity index (χ4v) is 2.07. The average molecular weight is 209 g/mol. The monoisotopic (exact) mass is 209 g/mol. The molecule has 0 spiro atoms. The van der Waals surface area contributed by atoms with E-state index < -0.39 is 0 Å². The van der Waals surface area contributed by atoms with Crippen LogP contribution >= 0.6 is 0 Å². The van der Waals surface area contributed by atoms with E-state index in [2.05, 4.69) is 31.9 Å². The smallest absolute Gasteiger partial charge is 0.0625 e. The quantitative estimate of drug-likeness (QED) is 0.809. The van der Waals surface area contributed by atoms with Crippen molar-refractivity contribution >= 4 is 0 Å². The molecule has 1 atom stereocenters. The van der Waals surface area contributed by atoms with Crippen molar-refractivity contribution in [2.45, 2.75) is 46.1 Å². The summed E-state index contributed by atoms with van der Waals surface area (Å²) in [6, 6.07) is 2.26. The first-order valence-corrected chi connectivity index (χ1v) is 5.92. The summed E-state index contributed by atoms with van der Waals surface area (Å²) in [5.74, 6) is 0.560. The van der Waals surface area contributed by atoms with E-state index >= 15 is 0 Å². The van der Waals surface area contributed by atoms with Gasteiger partial charge in [0, 0.05) is 13.1 Å². The van der Waals surface area contributed by atoms with Crippen LogP contribution in [0.25, 0.3) is 0 Å². The summed E-state index contributed by atoms with van der Waals surface area (Å²) in [5.41, 5.74) is 8.57. The minimum absolute atomic E-state index is 0.123. The van der Waals surface area contributed by atoms with Crippen LogP contribution in [0.4, 0.5) is 0 Å². The van der Waals surface area contributed by atoms with Gasteiger partial charge in [-0.2, -0.15) is 5.10 Å². The molecule has 1 heterocycles. The van der Waals surface area contributed by atoms with E-state index in [0.717, 1.165) is 25.0 Å². The summed E-state index contributed by atoms with van der Waals surface area (Å²) in [6.07, 6.45) is 3.23. The van der Waals surface area contributed by atoms with E-state index in [1.807, 2.05) is 11.7 Å². The van der Waals surface area contributed by atoms with Crippen LogP contribution < -0.4 is 5.73 Å². The molecule has 1 unspecified atom stereocenters. The normalized spacial score (nSPS) is 13.5. The number of nitrogens with zero attached hydrogens (tertiary/aromatic N) is 2. The predicted molar refractivity (Wildman–Crippen MR) is 63.6 cm³/mol. The Balaban J connectivity index is 2.88. The first-order valence-electron chi connectivity index (χ1n) is 5.92. The molecule has 2 N–H and O–H groups in total. The second-order valence-corrected chi connectivity index (χ2v) is 4.14. The predicted octanol–water partition coefficient (Wildman–Crippen LogP) is 2.42. The maximum absolute atomic E-state index is 6.27. The van der Waals surface area contributed by atoms with Gasteiger partial charge in [-0.15, -0.1) is 0 Å². The Hall–Kier alpha value is -0.830. The number of aromatic nitrogens is 2. The molecular formula is C12H23N3. The van der Waals surface area contributed by atoms with Crippen LogP contribution in [-0.4, -0.2) is 9.78 Å². The Bertz CT molecular complexity index is 300. The lowest BCUT2D eigenvalue weighted by atomic mass is 9.92. The summed E-state index contributed by atoms with van der Waals surface area (Å²) in [5, 5.41) is 4.44. The SMILES string of the molecule is CCc1cc(C(N)C(CC)CC)n(C)n1. The van der Waals surface area contributed by atoms with E-state index in [1.54, 1.807) is 0 Å². The Morgan fingerprint density at radius 2 is 1.93 bits per heavy atom. The van der Waals surface area contributed by atoms with Crippen molar-refractivity contribution in [3.05, 3.63) is 17.5 Å². The Labute approximate surface area is 92.7 Å². The molecule has 0 fully saturated rings. The fourth-order valence-electron chi connectivity index (χ4n) is 2.07. The molecule has 0 aliphatic rings. The minimum atomic E-state index is 0.123. The minimum Gasteiger partial charge on any atom is -0.322 e. The molecule has 1 rings (SSSR count). The number of hydrogen-bond acceptors (Lipinski definition) is 2. The van der Waals surface area contributed by atoms with E-state index in [0.29, 0.717) is 5.92 Å². The van der Waals surface area contributed by atoms with Gasteiger partial charge in [0.2, 0.25) is 0 Å². The van der Waals surface area contributed by atoms with Gasteiger partial charge in [-0.1, -0.05) is 33.6 Å². The molecule has 0 aliphatic carbocycles. The van der Waals surface area contributed by atoms with Crippen molar-refractivity contribution in [1.29, 1.82) is 0 Å². The topological polar surface area (TPSA) is 43.8 Å². The zero-order valence-corrected chi connectivity index (χ0v) is 10.3. The fraction of sp³-hybridized carbons (Fsp3) is 0.750. The second-order valence-electron chi connectivity index (χ2n) is 4.14. The lowest BCUT2D eigenvalue weighted by molar-refractivity contribution is 0.388. The Morgan fingerprint density at radius 3 is 2.33 bits per heavy atom. The maximum Gasteiger partial charge on any atom is 0.0625 e. The Morgan fingerprint density at radius 1 is 1.33 bits per heavy atom. The van der Waals surface area contributed by atoms with Crippen LogP contribution in [0, 0.1) is 5.92 Å². The van der Waals surface area contributed by atoms with E-state index in [9.17, 15) is 0 Å². The standard InChI is InChI=1S/C12H23N3/c1-5-9(6-2)12(13)11-8-10(7-3)14-15(11)4/h8-9,12H,5-7,13H2,1-4H3. The van der Waals surface area contributed by atoms with Gasteiger partial charge < -0.3 is 5.73 Å². The molecule has 15 heavy (non-hydrogen) atoms. The zero-order valence-electron chi connectivity index (χ0n) is 10.3. The molecule has 3 nitrogen and oxygen atoms in total. The summed E-state index contributed by atoms with van der Waals surface area (Å²) >= 11 is 0. The van der Waals surface area contributed by atoms with Crippen LogP contribution in [0.5, 0.6) is 0 Å². The number of rotatable bonds is 5. The lowest BCUT2D eigenvalue weighted by Crippen LogP contribution is -2.23. The van der Waals surface area contributed by atoms with E-state index in [1.165, 1.54) is 5.69 Å². The van der Waals surface area contributed by atoms with Crippen LogP contribution in [0.1, 0.15) is 51.0 Å². The molecule has 0 aliphatic heterocycles. The van der Waals surface area contributed by atoms with Crippen LogP contribution in [0.3, 0.4) is 0 Å². The van der Waals surface area contributed by atoms with Gasteiger partial charge in [-0.25, -0.2) is 0 Å². The molecule has 0 bridgehead atoms. The van der Waals surface area contributed by atoms with Crippen molar-refractivity contribution in [3.8, 4) is 0 Å². The number of aryl methyl sites for hydroxylation is 2. The van der Waals surface area contributed by atoms with E-state index in [-0.39, 0.29) is 6.04 Å². The third-order valence-electron chi connectivity index (χ3n) is 3.23. The van der Waals surface area contributed by atoms with E-state index in [4.69, 9.17) is 5.73 Å². The van der Waals surface area contributed by atoms with Gasteiger partial charge in [0.05, 0.1) is 11.4 Å². The molecule has 86 valence electrons. The maximum atomic E-state index is 6.27. The van der Waals surface area contributed by atoms with Crippen LogP contribution in [0.2, 0.25) is 0 Å². The van der Waals surface area contributed by atoms with Crippen molar-refractivity contribution in [3.63, 3.8) is 0 Å². The summed E-state index contributed by atoms with van der Waals surface area (Å²) in [7, 11) is 1.98. The highest BCUT2D eigenvalue weighted by Crippen LogP contribution is 2.25. The highest BCUT2D eigenvalue weighted by atomic mass is 15.3. The summed E-state index contributed by atoms with van der Waals surface area (Å²) < 4.78 is 1.93. The molecular weight excluding hydrogens is 186 g/mol. The van der Waals surface area contributed by atoms with Crippen LogP contribution in [0.15, 0.2) is 6.07 Å². The molecule has 1 aromatic heterocycles. The van der Waals surface area contributed by atoms with Crippen molar-refractivity contribution in [2.24, 2.45) is 18.7 Å². The summed E-state index contributed by atoms with van der Waals surface area (Å²) in [4.78, 5) is 0. The molecule has 0 amide bonds. The largest absolute Gasteiger partial charge is 0.322 e. The third-order valence-corrected chi connectivity index (χ3v) is 3.23. The summed E-state index contributed by atoms with van der Waals surface area (Å²) in [6.45, 7) is 6.52. The molecule has 0 radical (unpaired) electrons. The Kier molecular flexibility index (Phi) is 4.33. The first-order chi connectivity index (χ1) is 7.13. The van der Waals surface area contributed by atoms with Gasteiger partial charge >= 0.3 is 0 Å². The van der Waals surface area contributed by atoms with Gasteiger partial charge in [-0.05, 0) is 18.4 Å². The molecule has 0 aromatic carbocycles. The van der Waals surface area contributed by atoms with Crippen LogP contribution in [-0.2, 0) is 13.5 Å². The van der Waals surface area contributed by atoms with Gasteiger partial charge in [0.15, 0.2) is 0 Å². The number of nitrogens with two attached hydrogens (primary N) is 1. The van der Waals surface area contributed by atoms with Crippen molar-refractivity contribution in [2.75, 3.05) is 0 Å². The molecule has 1 aromatic rings. The van der Waals surface area contributed by atoms with Crippen molar-refractivity contribution < 1.29 is 0 Å². The highest BCUT2D eigenvalue weighted by molar-refractivity contribution is 5.14. The van der Waals surface area contributed by atoms with Gasteiger partial charge in [0.25, 0.3) is 0 Å². The third kappa shape index (κ3) is 2.59. The molecule has 0 saturated carbocycles. The second kappa shape index (κ2) is 5.31. The van der Waals surface area contributed by atoms with Crippen molar-refractivity contribution in [1.82, 2.24) is 9.78 Å². The van der Waals surface area contributed by atoms with Gasteiger partial charge in [-0.3, -0.25) is 4.68 Å². The average Bonchev–Trinajstić information content (AvgIpc) is 2.61.